The maximum Gasteiger partial charge on any atom is 0.337 e. The zero-order chi connectivity index (χ0) is 19.1. The van der Waals surface area contributed by atoms with Crippen molar-refractivity contribution in [3.63, 3.8) is 0 Å². The van der Waals surface area contributed by atoms with E-state index in [1.54, 1.807) is 13.8 Å². The predicted molar refractivity (Wildman–Crippen MR) is 95.2 cm³/mol. The monoisotopic (exact) mass is 367 g/mol. The molecule has 0 bridgehead atoms. The third-order valence-corrected chi connectivity index (χ3v) is 4.74. The summed E-state index contributed by atoms with van der Waals surface area (Å²) in [6.45, 7) is 8.03. The lowest BCUT2D eigenvalue weighted by atomic mass is 9.95. The van der Waals surface area contributed by atoms with Gasteiger partial charge in [0.15, 0.2) is 0 Å². The van der Waals surface area contributed by atoms with Gasteiger partial charge >= 0.3 is 18.0 Å². The highest BCUT2D eigenvalue weighted by Gasteiger charge is 2.33. The van der Waals surface area contributed by atoms with Crippen LogP contribution in [0.4, 0.5) is 4.79 Å². The number of ether oxygens (including phenoxy) is 2. The fourth-order valence-electron chi connectivity index (χ4n) is 3.40. The van der Waals surface area contributed by atoms with Gasteiger partial charge in [0.25, 0.3) is 0 Å². The van der Waals surface area contributed by atoms with Crippen LogP contribution in [-0.4, -0.2) is 61.8 Å². The summed E-state index contributed by atoms with van der Waals surface area (Å²) in [6.07, 6.45) is 2.03. The molecule has 26 heavy (non-hydrogen) atoms. The predicted octanol–water partition coefficient (Wildman–Crippen LogP) is 1.17. The average Bonchev–Trinajstić information content (AvgIpc) is 2.62. The summed E-state index contributed by atoms with van der Waals surface area (Å²) in [7, 11) is 0. The number of hydrogen-bond acceptors (Lipinski definition) is 6. The van der Waals surface area contributed by atoms with E-state index in [4.69, 9.17) is 9.47 Å². The Bertz CT molecular complexity index is 567. The van der Waals surface area contributed by atoms with Crippen LogP contribution in [0.15, 0.2) is 11.3 Å². The lowest BCUT2D eigenvalue weighted by Crippen LogP contribution is -2.52. The number of urea groups is 1. The van der Waals surface area contributed by atoms with Gasteiger partial charge in [-0.15, -0.1) is 0 Å². The summed E-state index contributed by atoms with van der Waals surface area (Å²) < 4.78 is 10.3. The van der Waals surface area contributed by atoms with Crippen molar-refractivity contribution in [1.82, 2.24) is 15.5 Å². The fourth-order valence-corrected chi connectivity index (χ4v) is 3.40. The highest BCUT2D eigenvalue weighted by atomic mass is 16.5. The smallest absolute Gasteiger partial charge is 0.337 e. The summed E-state index contributed by atoms with van der Waals surface area (Å²) in [5.41, 5.74) is 1.08. The molecular weight excluding hydrogens is 338 g/mol. The Balaban J connectivity index is 2.08. The summed E-state index contributed by atoms with van der Waals surface area (Å²) >= 11 is 0. The van der Waals surface area contributed by atoms with Crippen molar-refractivity contribution >= 4 is 18.0 Å². The number of nitrogens with one attached hydrogen (secondary N) is 2. The second-order valence-corrected chi connectivity index (χ2v) is 6.47. The molecule has 8 nitrogen and oxygen atoms in total. The summed E-state index contributed by atoms with van der Waals surface area (Å²) in [5.74, 6) is -0.612. The van der Waals surface area contributed by atoms with Crippen LogP contribution >= 0.6 is 0 Å². The van der Waals surface area contributed by atoms with Gasteiger partial charge in [0.05, 0.1) is 30.7 Å². The highest BCUT2D eigenvalue weighted by molar-refractivity contribution is 5.94. The van der Waals surface area contributed by atoms with Crippen LogP contribution in [0.3, 0.4) is 0 Å². The molecule has 2 heterocycles. The van der Waals surface area contributed by atoms with Crippen molar-refractivity contribution in [3.05, 3.63) is 11.3 Å². The minimum Gasteiger partial charge on any atom is -0.466 e. The topological polar surface area (TPSA) is 97.0 Å². The standard InChI is InChI=1S/C18H29N3O5/c1-4-13-15(17(23)26-6-3)14(20-18(24)19-13)11-21-9-7-12(8-10-21)16(22)25-5-2/h12-13H,4-11H2,1-3H3,(H2,19,20,24). The number of esters is 2. The van der Waals surface area contributed by atoms with Crippen molar-refractivity contribution in [2.75, 3.05) is 32.8 Å². The Hall–Kier alpha value is -2.09. The number of rotatable bonds is 7. The molecule has 1 fully saturated rings. The number of hydrogen-bond donors (Lipinski definition) is 2. The number of piperidine rings is 1. The van der Waals surface area contributed by atoms with Gasteiger partial charge in [0.1, 0.15) is 0 Å². The normalized spacial score (nSPS) is 21.8. The summed E-state index contributed by atoms with van der Waals surface area (Å²) in [6, 6.07) is -0.656. The molecule has 146 valence electrons. The van der Waals surface area contributed by atoms with Crippen LogP contribution in [0.1, 0.15) is 40.0 Å². The molecule has 0 aromatic carbocycles. The third kappa shape index (κ3) is 4.97. The van der Waals surface area contributed by atoms with Crippen LogP contribution in [0.2, 0.25) is 0 Å². The van der Waals surface area contributed by atoms with Crippen LogP contribution in [0.25, 0.3) is 0 Å². The van der Waals surface area contributed by atoms with Gasteiger partial charge in [-0.05, 0) is 46.2 Å². The van der Waals surface area contributed by atoms with E-state index in [1.807, 2.05) is 6.92 Å². The Morgan fingerprint density at radius 1 is 1.12 bits per heavy atom. The molecule has 2 amide bonds. The first-order chi connectivity index (χ1) is 12.5. The summed E-state index contributed by atoms with van der Waals surface area (Å²) in [4.78, 5) is 38.3. The van der Waals surface area contributed by atoms with Crippen molar-refractivity contribution in [2.24, 2.45) is 5.92 Å². The number of nitrogens with zero attached hydrogens (tertiary/aromatic N) is 1. The molecular formula is C18H29N3O5. The van der Waals surface area contributed by atoms with Crippen molar-refractivity contribution < 1.29 is 23.9 Å². The molecule has 0 spiro atoms. The molecule has 0 saturated carbocycles. The van der Waals surface area contributed by atoms with Crippen molar-refractivity contribution in [1.29, 1.82) is 0 Å². The van der Waals surface area contributed by atoms with Gasteiger partial charge in [0, 0.05) is 12.2 Å². The van der Waals surface area contributed by atoms with Crippen molar-refractivity contribution in [2.45, 2.75) is 46.1 Å². The molecule has 0 aromatic heterocycles. The van der Waals surface area contributed by atoms with Gasteiger partial charge < -0.3 is 20.1 Å². The van der Waals surface area contributed by atoms with Crippen LogP contribution < -0.4 is 10.6 Å². The van der Waals surface area contributed by atoms with Gasteiger partial charge in [-0.2, -0.15) is 0 Å². The molecule has 0 aromatic rings. The maximum absolute atomic E-state index is 12.4. The SMILES string of the molecule is CCOC(=O)C1=C(CN2CCC(C(=O)OCC)CC2)NC(=O)NC1CC. The van der Waals surface area contributed by atoms with Crippen LogP contribution in [0, 0.1) is 5.92 Å². The first-order valence-corrected chi connectivity index (χ1v) is 9.36. The minimum atomic E-state index is -0.400. The highest BCUT2D eigenvalue weighted by Crippen LogP contribution is 2.22. The minimum absolute atomic E-state index is 0.0734. The number of carbonyl (C=O) groups is 3. The van der Waals surface area contributed by atoms with E-state index < -0.39 is 5.97 Å². The van der Waals surface area contributed by atoms with Gasteiger partial charge in [0.2, 0.25) is 0 Å². The number of likely N-dealkylation sites (tertiary alicyclic amines) is 1. The van der Waals surface area contributed by atoms with Gasteiger partial charge in [-0.25, -0.2) is 9.59 Å². The third-order valence-electron chi connectivity index (χ3n) is 4.74. The molecule has 1 unspecified atom stereocenters. The van der Waals surface area contributed by atoms with Gasteiger partial charge in [-0.1, -0.05) is 6.92 Å². The average molecular weight is 367 g/mol. The van der Waals surface area contributed by atoms with Crippen LogP contribution in [0.5, 0.6) is 0 Å². The van der Waals surface area contributed by atoms with Crippen molar-refractivity contribution in [3.8, 4) is 0 Å². The Kier molecular flexibility index (Phi) is 7.44. The molecule has 1 saturated heterocycles. The second kappa shape index (κ2) is 9.56. The molecule has 1 atom stereocenters. The van der Waals surface area contributed by atoms with E-state index in [9.17, 15) is 14.4 Å². The molecule has 2 rings (SSSR count). The second-order valence-electron chi connectivity index (χ2n) is 6.47. The zero-order valence-corrected chi connectivity index (χ0v) is 15.8. The Labute approximate surface area is 154 Å². The first-order valence-electron chi connectivity index (χ1n) is 9.36. The Morgan fingerprint density at radius 3 is 2.35 bits per heavy atom. The lowest BCUT2D eigenvalue weighted by Gasteiger charge is -2.34. The van der Waals surface area contributed by atoms with E-state index in [1.165, 1.54) is 0 Å². The molecule has 0 radical (unpaired) electrons. The molecule has 2 aliphatic rings. The quantitative estimate of drug-likeness (QED) is 0.656. The molecule has 8 heteroatoms. The number of carbonyl (C=O) groups excluding carboxylic acids is 3. The molecule has 2 aliphatic heterocycles. The summed E-state index contributed by atoms with van der Waals surface area (Å²) in [5, 5.41) is 5.54. The largest absolute Gasteiger partial charge is 0.466 e. The Morgan fingerprint density at radius 2 is 1.77 bits per heavy atom. The number of amides is 2. The fraction of sp³-hybridized carbons (Fsp3) is 0.722. The molecule has 2 N–H and O–H groups in total. The van der Waals surface area contributed by atoms with E-state index >= 15 is 0 Å². The van der Waals surface area contributed by atoms with Crippen LogP contribution in [-0.2, 0) is 19.1 Å². The van der Waals surface area contributed by atoms with E-state index in [2.05, 4.69) is 15.5 Å². The lowest BCUT2D eigenvalue weighted by molar-refractivity contribution is -0.149. The van der Waals surface area contributed by atoms with E-state index in [0.717, 1.165) is 0 Å². The first kappa shape index (κ1) is 20.2. The van der Waals surface area contributed by atoms with E-state index in [-0.39, 0.29) is 30.6 Å². The maximum atomic E-state index is 12.4. The van der Waals surface area contributed by atoms with Gasteiger partial charge in [-0.3, -0.25) is 9.69 Å². The zero-order valence-electron chi connectivity index (χ0n) is 15.8. The van der Waals surface area contributed by atoms with E-state index in [0.29, 0.717) is 56.8 Å². The molecule has 0 aliphatic carbocycles.